The maximum atomic E-state index is 11.8. The molecule has 2 N–H and O–H groups in total. The van der Waals surface area contributed by atoms with Crippen molar-refractivity contribution in [3.8, 4) is 11.4 Å². The van der Waals surface area contributed by atoms with Gasteiger partial charge in [-0.2, -0.15) is 0 Å². The second-order valence-electron chi connectivity index (χ2n) is 4.78. The van der Waals surface area contributed by atoms with E-state index in [0.29, 0.717) is 6.54 Å². The molecule has 0 saturated carbocycles. The molecule has 0 bridgehead atoms. The van der Waals surface area contributed by atoms with Gasteiger partial charge in [0.05, 0.1) is 12.0 Å². The Hall–Kier alpha value is -2.66. The lowest BCUT2D eigenvalue weighted by atomic mass is 10.2. The second-order valence-corrected chi connectivity index (χ2v) is 4.78. The van der Waals surface area contributed by atoms with Gasteiger partial charge in [-0.3, -0.25) is 9.36 Å². The van der Waals surface area contributed by atoms with Crippen molar-refractivity contribution in [3.63, 3.8) is 0 Å². The lowest BCUT2D eigenvalue weighted by molar-refractivity contribution is 0.959. The van der Waals surface area contributed by atoms with E-state index in [-0.39, 0.29) is 5.56 Å². The summed E-state index contributed by atoms with van der Waals surface area (Å²) in [5.74, 6) is 0. The molecule has 3 rings (SSSR count). The monoisotopic (exact) mass is 280 g/mol. The number of rotatable bonds is 3. The standard InChI is InChI=1S/C16H16N4O/c1-12-15(10-17)18-11-20(12)14-7-5-13(6-8-14)19-9-3-2-4-16(19)21/h2-9,11H,10,17H2,1H3. The van der Waals surface area contributed by atoms with Gasteiger partial charge in [0.15, 0.2) is 0 Å². The minimum Gasteiger partial charge on any atom is -0.325 e. The average molecular weight is 280 g/mol. The van der Waals surface area contributed by atoms with E-state index in [9.17, 15) is 4.79 Å². The van der Waals surface area contributed by atoms with Crippen molar-refractivity contribution in [1.29, 1.82) is 0 Å². The molecule has 1 aromatic carbocycles. The number of pyridine rings is 1. The van der Waals surface area contributed by atoms with Crippen molar-refractivity contribution < 1.29 is 0 Å². The number of aromatic nitrogens is 3. The van der Waals surface area contributed by atoms with Gasteiger partial charge in [-0.1, -0.05) is 6.07 Å². The van der Waals surface area contributed by atoms with Crippen molar-refractivity contribution in [2.75, 3.05) is 0 Å². The third-order valence-electron chi connectivity index (χ3n) is 3.53. The predicted molar refractivity (Wildman–Crippen MR) is 81.8 cm³/mol. The molecule has 0 saturated heterocycles. The molecular weight excluding hydrogens is 264 g/mol. The fourth-order valence-corrected chi connectivity index (χ4v) is 2.32. The molecule has 3 aromatic rings. The van der Waals surface area contributed by atoms with E-state index in [1.807, 2.05) is 41.8 Å². The first-order valence-corrected chi connectivity index (χ1v) is 6.72. The van der Waals surface area contributed by atoms with Crippen LogP contribution in [0.5, 0.6) is 0 Å². The van der Waals surface area contributed by atoms with E-state index in [1.165, 1.54) is 0 Å². The first-order valence-electron chi connectivity index (χ1n) is 6.72. The molecule has 0 radical (unpaired) electrons. The van der Waals surface area contributed by atoms with E-state index < -0.39 is 0 Å². The summed E-state index contributed by atoms with van der Waals surface area (Å²) in [6.45, 7) is 2.42. The molecule has 5 nitrogen and oxygen atoms in total. The molecule has 21 heavy (non-hydrogen) atoms. The van der Waals surface area contributed by atoms with Gasteiger partial charge in [-0.15, -0.1) is 0 Å². The maximum Gasteiger partial charge on any atom is 0.255 e. The Morgan fingerprint density at radius 2 is 1.71 bits per heavy atom. The third-order valence-corrected chi connectivity index (χ3v) is 3.53. The van der Waals surface area contributed by atoms with Crippen LogP contribution in [0.3, 0.4) is 0 Å². The van der Waals surface area contributed by atoms with Gasteiger partial charge in [0, 0.05) is 35.9 Å². The van der Waals surface area contributed by atoms with Gasteiger partial charge < -0.3 is 10.3 Å². The summed E-state index contributed by atoms with van der Waals surface area (Å²) in [7, 11) is 0. The van der Waals surface area contributed by atoms with Gasteiger partial charge in [0.25, 0.3) is 5.56 Å². The van der Waals surface area contributed by atoms with Gasteiger partial charge in [0.1, 0.15) is 0 Å². The largest absolute Gasteiger partial charge is 0.325 e. The first kappa shape index (κ1) is 13.3. The average Bonchev–Trinajstić information content (AvgIpc) is 2.89. The van der Waals surface area contributed by atoms with Crippen LogP contribution in [0.15, 0.2) is 59.8 Å². The number of benzene rings is 1. The van der Waals surface area contributed by atoms with Crippen molar-refractivity contribution in [3.05, 3.63) is 76.7 Å². The molecule has 0 unspecified atom stereocenters. The summed E-state index contributed by atoms with van der Waals surface area (Å²) in [6.07, 6.45) is 3.52. The lowest BCUT2D eigenvalue weighted by Gasteiger charge is -2.09. The van der Waals surface area contributed by atoms with Crippen LogP contribution in [-0.4, -0.2) is 14.1 Å². The molecule has 0 fully saturated rings. The highest BCUT2D eigenvalue weighted by atomic mass is 16.1. The van der Waals surface area contributed by atoms with Crippen LogP contribution in [0.25, 0.3) is 11.4 Å². The third kappa shape index (κ3) is 2.39. The Balaban J connectivity index is 2.00. The van der Waals surface area contributed by atoms with Crippen molar-refractivity contribution in [2.45, 2.75) is 13.5 Å². The Kier molecular flexibility index (Phi) is 3.41. The molecule has 0 amide bonds. The smallest absolute Gasteiger partial charge is 0.255 e. The minimum atomic E-state index is -0.0468. The van der Waals surface area contributed by atoms with Gasteiger partial charge in [0.2, 0.25) is 0 Å². The van der Waals surface area contributed by atoms with Gasteiger partial charge in [-0.25, -0.2) is 4.98 Å². The van der Waals surface area contributed by atoms with E-state index in [0.717, 1.165) is 22.8 Å². The van der Waals surface area contributed by atoms with Crippen molar-refractivity contribution in [2.24, 2.45) is 5.73 Å². The molecular formula is C16H16N4O. The molecule has 0 aliphatic heterocycles. The summed E-state index contributed by atoms with van der Waals surface area (Å²) in [5.41, 5.74) is 9.34. The van der Waals surface area contributed by atoms with E-state index in [4.69, 9.17) is 5.73 Å². The highest BCUT2D eigenvalue weighted by Crippen LogP contribution is 2.16. The van der Waals surface area contributed by atoms with E-state index >= 15 is 0 Å². The molecule has 5 heteroatoms. The lowest BCUT2D eigenvalue weighted by Crippen LogP contribution is -2.15. The molecule has 0 atom stereocenters. The van der Waals surface area contributed by atoms with Crippen LogP contribution in [0.4, 0.5) is 0 Å². The second kappa shape index (κ2) is 5.38. The molecule has 0 aliphatic carbocycles. The van der Waals surface area contributed by atoms with Crippen LogP contribution in [-0.2, 0) is 6.54 Å². The van der Waals surface area contributed by atoms with E-state index in [1.54, 1.807) is 29.2 Å². The number of nitrogens with zero attached hydrogens (tertiary/aromatic N) is 3. The van der Waals surface area contributed by atoms with Gasteiger partial charge in [-0.05, 0) is 37.3 Å². The highest BCUT2D eigenvalue weighted by molar-refractivity contribution is 5.43. The fraction of sp³-hybridized carbons (Fsp3) is 0.125. The summed E-state index contributed by atoms with van der Waals surface area (Å²) in [5, 5.41) is 0. The first-order chi connectivity index (χ1) is 10.2. The van der Waals surface area contributed by atoms with Gasteiger partial charge >= 0.3 is 0 Å². The molecule has 106 valence electrons. The van der Waals surface area contributed by atoms with Crippen LogP contribution >= 0.6 is 0 Å². The number of imidazole rings is 1. The molecule has 0 aliphatic rings. The Morgan fingerprint density at radius 1 is 1.05 bits per heavy atom. The zero-order valence-electron chi connectivity index (χ0n) is 11.7. The summed E-state index contributed by atoms with van der Waals surface area (Å²) < 4.78 is 3.59. The summed E-state index contributed by atoms with van der Waals surface area (Å²) >= 11 is 0. The Morgan fingerprint density at radius 3 is 2.29 bits per heavy atom. The molecule has 0 spiro atoms. The minimum absolute atomic E-state index is 0.0468. The zero-order chi connectivity index (χ0) is 14.8. The van der Waals surface area contributed by atoms with Crippen LogP contribution in [0.1, 0.15) is 11.4 Å². The SMILES string of the molecule is Cc1c(CN)ncn1-c1ccc(-n2ccccc2=O)cc1. The molecule has 2 aromatic heterocycles. The van der Waals surface area contributed by atoms with Crippen LogP contribution in [0.2, 0.25) is 0 Å². The van der Waals surface area contributed by atoms with E-state index in [2.05, 4.69) is 4.98 Å². The number of nitrogens with two attached hydrogens (primary N) is 1. The number of hydrogen-bond acceptors (Lipinski definition) is 3. The molecule has 2 heterocycles. The summed E-state index contributed by atoms with van der Waals surface area (Å²) in [4.78, 5) is 16.1. The normalized spacial score (nSPS) is 10.8. The Labute approximate surface area is 122 Å². The highest BCUT2D eigenvalue weighted by Gasteiger charge is 2.06. The van der Waals surface area contributed by atoms with Crippen molar-refractivity contribution in [1.82, 2.24) is 14.1 Å². The van der Waals surface area contributed by atoms with Crippen LogP contribution < -0.4 is 11.3 Å². The Bertz CT molecular complexity index is 815. The summed E-state index contributed by atoms with van der Waals surface area (Å²) in [6, 6.07) is 12.9. The quantitative estimate of drug-likeness (QED) is 0.795. The maximum absolute atomic E-state index is 11.8. The number of hydrogen-bond donors (Lipinski definition) is 1. The van der Waals surface area contributed by atoms with Crippen molar-refractivity contribution >= 4 is 0 Å². The van der Waals surface area contributed by atoms with Crippen LogP contribution in [0, 0.1) is 6.92 Å². The zero-order valence-corrected chi connectivity index (χ0v) is 11.7. The predicted octanol–water partition coefficient (Wildman–Crippen LogP) is 1.79. The topological polar surface area (TPSA) is 65.8 Å². The fourth-order valence-electron chi connectivity index (χ4n) is 2.32.